The molecule has 0 aromatic heterocycles. The van der Waals surface area contributed by atoms with Gasteiger partial charge in [0, 0.05) is 31.9 Å². The molecule has 3 N–H and O–H groups in total. The Hall–Kier alpha value is -4.54. The first-order chi connectivity index (χ1) is 23.5. The fraction of sp³-hybridized carbons (Fsp3) is 0.529. The second-order valence-corrected chi connectivity index (χ2v) is 14.0. The zero-order chi connectivity index (χ0) is 38.1. The van der Waals surface area contributed by atoms with Crippen molar-refractivity contribution < 1.29 is 55.0 Å². The quantitative estimate of drug-likeness (QED) is 0.240. The van der Waals surface area contributed by atoms with Crippen LogP contribution in [0.15, 0.2) is 36.4 Å². The fourth-order valence-electron chi connectivity index (χ4n) is 5.94. The number of benzene rings is 2. The van der Waals surface area contributed by atoms with Crippen LogP contribution in [0.4, 0.5) is 36.8 Å². The summed E-state index contributed by atoms with van der Waals surface area (Å²) in [7, 11) is 0. The third-order valence-corrected chi connectivity index (χ3v) is 8.18. The Kier molecular flexibility index (Phi) is 11.2. The Morgan fingerprint density at radius 3 is 2.24 bits per heavy atom. The van der Waals surface area contributed by atoms with Crippen LogP contribution in [0.25, 0.3) is 0 Å². The smallest absolute Gasteiger partial charge is 0.408 e. The number of ether oxygens (including phenoxy) is 2. The highest BCUT2D eigenvalue weighted by Crippen LogP contribution is 2.43. The Bertz CT molecular complexity index is 1640. The zero-order valence-corrected chi connectivity index (χ0v) is 29.0. The molecule has 0 saturated carbocycles. The SMILES string of the molecule is CCN1CC(C(=O)NNC(=O)c2cc3c(cc2F)[C@](C)(F)C[C@H](NC(=O)OC(C)(C)C)C(=O)N3Cc2ccc(OC(C)(F)F)cc2)CC(F)(F)C1. The first-order valence-corrected chi connectivity index (χ1v) is 16.2. The molecular weight excluding hydrogens is 688 g/mol. The van der Waals surface area contributed by atoms with E-state index in [1.165, 1.54) is 29.2 Å². The lowest BCUT2D eigenvalue weighted by atomic mass is 9.90. The van der Waals surface area contributed by atoms with Gasteiger partial charge >= 0.3 is 12.2 Å². The van der Waals surface area contributed by atoms with Gasteiger partial charge < -0.3 is 19.7 Å². The predicted molar refractivity (Wildman–Crippen MR) is 172 cm³/mol. The lowest BCUT2D eigenvalue weighted by Gasteiger charge is -2.36. The summed E-state index contributed by atoms with van der Waals surface area (Å²) in [6, 6.07) is 5.17. The van der Waals surface area contributed by atoms with Gasteiger partial charge in [0.1, 0.15) is 28.9 Å². The number of carbonyl (C=O) groups is 4. The van der Waals surface area contributed by atoms with Crippen LogP contribution in [0.2, 0.25) is 0 Å². The number of carbonyl (C=O) groups excluding carboxylic acids is 4. The molecule has 51 heavy (non-hydrogen) atoms. The van der Waals surface area contributed by atoms with Crippen molar-refractivity contribution in [1.82, 2.24) is 21.1 Å². The van der Waals surface area contributed by atoms with Gasteiger partial charge in [-0.2, -0.15) is 8.78 Å². The topological polar surface area (TPSA) is 129 Å². The number of hydrazine groups is 1. The molecule has 2 heterocycles. The molecule has 2 aromatic rings. The van der Waals surface area contributed by atoms with Crippen molar-refractivity contribution in [3.8, 4) is 5.75 Å². The lowest BCUT2D eigenvalue weighted by molar-refractivity contribution is -0.159. The highest BCUT2D eigenvalue weighted by atomic mass is 19.3. The molecule has 11 nitrogen and oxygen atoms in total. The molecule has 3 atom stereocenters. The van der Waals surface area contributed by atoms with Crippen LogP contribution < -0.4 is 25.8 Å². The second kappa shape index (κ2) is 14.6. The molecule has 1 fully saturated rings. The fourth-order valence-corrected chi connectivity index (χ4v) is 5.94. The number of halogens is 6. The van der Waals surface area contributed by atoms with E-state index >= 15 is 8.78 Å². The molecule has 2 aliphatic heterocycles. The molecule has 0 spiro atoms. The highest BCUT2D eigenvalue weighted by molar-refractivity contribution is 6.03. The maximum atomic E-state index is 16.5. The monoisotopic (exact) mass is 729 g/mol. The van der Waals surface area contributed by atoms with E-state index in [1.54, 1.807) is 27.7 Å². The minimum Gasteiger partial charge on any atom is -0.444 e. The van der Waals surface area contributed by atoms with Crippen LogP contribution in [0.3, 0.4) is 0 Å². The van der Waals surface area contributed by atoms with Gasteiger partial charge in [-0.15, -0.1) is 0 Å². The number of amides is 4. The van der Waals surface area contributed by atoms with E-state index in [4.69, 9.17) is 4.74 Å². The van der Waals surface area contributed by atoms with Crippen molar-refractivity contribution in [1.29, 1.82) is 0 Å². The van der Waals surface area contributed by atoms with Crippen LogP contribution in [-0.4, -0.2) is 72.0 Å². The van der Waals surface area contributed by atoms with Gasteiger partial charge in [-0.3, -0.25) is 30.1 Å². The van der Waals surface area contributed by atoms with E-state index in [1.807, 2.05) is 5.43 Å². The molecule has 280 valence electrons. The molecule has 2 aliphatic rings. The number of hydrogen-bond acceptors (Lipinski definition) is 7. The summed E-state index contributed by atoms with van der Waals surface area (Å²) in [6.07, 6.45) is -5.96. The van der Waals surface area contributed by atoms with E-state index in [9.17, 15) is 36.7 Å². The molecule has 4 amide bonds. The molecule has 0 radical (unpaired) electrons. The summed E-state index contributed by atoms with van der Waals surface area (Å²) in [5, 5.41) is 2.36. The highest BCUT2D eigenvalue weighted by Gasteiger charge is 2.45. The number of rotatable bonds is 8. The van der Waals surface area contributed by atoms with Crippen molar-refractivity contribution in [3.63, 3.8) is 0 Å². The van der Waals surface area contributed by atoms with Crippen LogP contribution in [-0.2, 0) is 26.5 Å². The van der Waals surface area contributed by atoms with Gasteiger partial charge in [0.15, 0.2) is 0 Å². The number of fused-ring (bicyclic) bond motifs is 1. The van der Waals surface area contributed by atoms with E-state index in [-0.39, 0.29) is 36.6 Å². The molecular formula is C34H41F6N5O6. The van der Waals surface area contributed by atoms with Gasteiger partial charge in [-0.25, -0.2) is 22.4 Å². The van der Waals surface area contributed by atoms with Gasteiger partial charge in [0.05, 0.1) is 30.3 Å². The van der Waals surface area contributed by atoms with E-state index in [0.717, 1.165) is 17.9 Å². The Morgan fingerprint density at radius 2 is 1.65 bits per heavy atom. The van der Waals surface area contributed by atoms with Crippen LogP contribution in [0.1, 0.15) is 75.9 Å². The normalized spacial score (nSPS) is 22.4. The first kappa shape index (κ1) is 39.2. The minimum atomic E-state index is -3.48. The van der Waals surface area contributed by atoms with E-state index in [2.05, 4.69) is 15.5 Å². The van der Waals surface area contributed by atoms with Gasteiger partial charge in [-0.05, 0) is 64.1 Å². The maximum Gasteiger partial charge on any atom is 0.408 e. The second-order valence-electron chi connectivity index (χ2n) is 14.0. The van der Waals surface area contributed by atoms with Crippen molar-refractivity contribution in [2.75, 3.05) is 24.5 Å². The molecule has 0 bridgehead atoms. The predicted octanol–water partition coefficient (Wildman–Crippen LogP) is 5.57. The number of alkyl carbamates (subject to hydrolysis) is 1. The van der Waals surface area contributed by atoms with E-state index < -0.39 is 89.8 Å². The van der Waals surface area contributed by atoms with Crippen LogP contribution in [0.5, 0.6) is 5.75 Å². The van der Waals surface area contributed by atoms with Gasteiger partial charge in [0.2, 0.25) is 11.8 Å². The number of hydrogen-bond donors (Lipinski definition) is 3. The minimum absolute atomic E-state index is 0.000369. The van der Waals surface area contributed by atoms with Crippen molar-refractivity contribution in [2.24, 2.45) is 5.92 Å². The number of nitrogens with zero attached hydrogens (tertiary/aromatic N) is 2. The van der Waals surface area contributed by atoms with Crippen molar-refractivity contribution in [3.05, 3.63) is 58.9 Å². The summed E-state index contributed by atoms with van der Waals surface area (Å²) in [4.78, 5) is 55.1. The molecule has 0 aliphatic carbocycles. The number of nitrogens with one attached hydrogen (secondary N) is 3. The molecule has 2 aromatic carbocycles. The third kappa shape index (κ3) is 10.3. The molecule has 1 saturated heterocycles. The van der Waals surface area contributed by atoms with Crippen molar-refractivity contribution in [2.45, 2.75) is 90.3 Å². The summed E-state index contributed by atoms with van der Waals surface area (Å²) >= 11 is 0. The average Bonchev–Trinajstić information content (AvgIpc) is 3.06. The lowest BCUT2D eigenvalue weighted by Crippen LogP contribution is -2.53. The Labute approximate surface area is 291 Å². The third-order valence-electron chi connectivity index (χ3n) is 8.18. The number of piperidine rings is 1. The first-order valence-electron chi connectivity index (χ1n) is 16.2. The van der Waals surface area contributed by atoms with Crippen LogP contribution >= 0.6 is 0 Å². The number of alkyl halides is 5. The largest absolute Gasteiger partial charge is 0.444 e. The van der Waals surface area contributed by atoms with Gasteiger partial charge in [-0.1, -0.05) is 19.1 Å². The van der Waals surface area contributed by atoms with E-state index in [0.29, 0.717) is 18.6 Å². The Balaban J connectivity index is 1.68. The molecule has 17 heteroatoms. The average molecular weight is 730 g/mol. The summed E-state index contributed by atoms with van der Waals surface area (Å²) in [6.45, 7) is 7.35. The van der Waals surface area contributed by atoms with Gasteiger partial charge in [0.25, 0.3) is 11.8 Å². The van der Waals surface area contributed by atoms with Crippen LogP contribution in [0, 0.1) is 11.7 Å². The number of likely N-dealkylation sites (tertiary alicyclic amines) is 1. The number of anilines is 1. The summed E-state index contributed by atoms with van der Waals surface area (Å²) in [5.41, 5.74) is -0.464. The molecule has 1 unspecified atom stereocenters. The molecule has 4 rings (SSSR count). The summed E-state index contributed by atoms with van der Waals surface area (Å²) < 4.78 is 97.1. The van der Waals surface area contributed by atoms with Crippen molar-refractivity contribution >= 4 is 29.5 Å². The Morgan fingerprint density at radius 1 is 1.00 bits per heavy atom. The summed E-state index contributed by atoms with van der Waals surface area (Å²) in [5.74, 6) is -8.83. The standard InChI is InChI=1S/C34H41F6N5O6/c1-7-44-17-20(14-34(39,40)18-44)27(46)42-43-28(47)22-12-26-23(13-24(22)35)32(5,36)15-25(41-30(49)51-31(2,3)4)29(48)45(26)16-19-8-10-21(11-9-19)50-33(6,37)38/h8-13,20,25H,7,14-18H2,1-6H3,(H,41,49)(H,42,46)(H,43,47)/t20?,25-,32+/m0/s1. The zero-order valence-electron chi connectivity index (χ0n) is 29.0. The maximum absolute atomic E-state index is 16.5.